The predicted octanol–water partition coefficient (Wildman–Crippen LogP) is 2.79. The molecule has 0 saturated carbocycles. The van der Waals surface area contributed by atoms with E-state index in [0.717, 1.165) is 6.07 Å². The molecule has 2 rings (SSSR count). The Hall–Kier alpha value is -2.39. The molecule has 0 aromatic heterocycles. The Labute approximate surface area is 152 Å². The summed E-state index contributed by atoms with van der Waals surface area (Å²) in [6, 6.07) is 9.34. The molecule has 0 aliphatic carbocycles. The largest absolute Gasteiger partial charge is 0.465 e. The van der Waals surface area contributed by atoms with Crippen molar-refractivity contribution in [1.82, 2.24) is 0 Å². The van der Waals surface area contributed by atoms with E-state index in [9.17, 15) is 18.0 Å². The van der Waals surface area contributed by atoms with Crippen molar-refractivity contribution in [3.05, 3.63) is 58.1 Å². The van der Waals surface area contributed by atoms with Gasteiger partial charge in [0, 0.05) is 4.47 Å². The number of benzene rings is 2. The molecule has 0 unspecified atom stereocenters. The van der Waals surface area contributed by atoms with Crippen LogP contribution in [-0.2, 0) is 19.6 Å². The van der Waals surface area contributed by atoms with Crippen LogP contribution in [0.3, 0.4) is 0 Å². The van der Waals surface area contributed by atoms with E-state index in [2.05, 4.69) is 25.4 Å². The Morgan fingerprint density at radius 3 is 2.28 bits per heavy atom. The number of carbonyl (C=O) groups excluding carboxylic acids is 2. The summed E-state index contributed by atoms with van der Waals surface area (Å²) in [6.45, 7) is 0. The predicted molar refractivity (Wildman–Crippen MR) is 91.1 cm³/mol. The summed E-state index contributed by atoms with van der Waals surface area (Å²) >= 11 is 3.15. The Bertz CT molecular complexity index is 922. The molecule has 0 bridgehead atoms. The minimum atomic E-state index is -4.22. The van der Waals surface area contributed by atoms with Crippen molar-refractivity contribution < 1.29 is 31.7 Å². The lowest BCUT2D eigenvalue weighted by Gasteiger charge is -2.10. The molecule has 0 aliphatic rings. The van der Waals surface area contributed by atoms with Gasteiger partial charge in [0.2, 0.25) is 0 Å². The minimum absolute atomic E-state index is 0.0375. The average Bonchev–Trinajstić information content (AvgIpc) is 2.60. The van der Waals surface area contributed by atoms with Gasteiger partial charge in [0.15, 0.2) is 0 Å². The Kier molecular flexibility index (Phi) is 5.81. The molecule has 0 fully saturated rings. The third-order valence-corrected chi connectivity index (χ3v) is 5.03. The number of esters is 2. The SMILES string of the molecule is COC(=O)c1cccc(OS(=O)(=O)c2ccc(Br)c(C(=O)OC)c2)c1. The first-order valence-electron chi connectivity index (χ1n) is 6.79. The summed E-state index contributed by atoms with van der Waals surface area (Å²) in [5.41, 5.74) is 0.178. The highest BCUT2D eigenvalue weighted by molar-refractivity contribution is 9.10. The molecule has 7 nitrogen and oxygen atoms in total. The molecule has 0 atom stereocenters. The highest BCUT2D eigenvalue weighted by Gasteiger charge is 2.21. The van der Waals surface area contributed by atoms with Crippen LogP contribution in [0.1, 0.15) is 20.7 Å². The molecule has 2 aromatic carbocycles. The molecule has 0 radical (unpaired) electrons. The van der Waals surface area contributed by atoms with Gasteiger partial charge in [0.05, 0.1) is 25.3 Å². The maximum atomic E-state index is 12.4. The Morgan fingerprint density at radius 2 is 1.64 bits per heavy atom. The Balaban J connectivity index is 2.37. The van der Waals surface area contributed by atoms with Gasteiger partial charge in [-0.05, 0) is 52.3 Å². The van der Waals surface area contributed by atoms with Crippen molar-refractivity contribution in [3.8, 4) is 5.75 Å². The second-order valence-electron chi connectivity index (χ2n) is 4.69. The van der Waals surface area contributed by atoms with Crippen LogP contribution in [0.15, 0.2) is 51.8 Å². The number of methoxy groups -OCH3 is 2. The van der Waals surface area contributed by atoms with E-state index in [1.54, 1.807) is 0 Å². The summed E-state index contributed by atoms with van der Waals surface area (Å²) < 4.78 is 39.4. The molecule has 0 saturated heterocycles. The van der Waals surface area contributed by atoms with Gasteiger partial charge in [0.25, 0.3) is 0 Å². The van der Waals surface area contributed by atoms with Crippen LogP contribution in [-0.4, -0.2) is 34.6 Å². The lowest BCUT2D eigenvalue weighted by molar-refractivity contribution is 0.0591. The zero-order valence-electron chi connectivity index (χ0n) is 13.2. The fourth-order valence-electron chi connectivity index (χ4n) is 1.89. The maximum absolute atomic E-state index is 12.4. The molecule has 132 valence electrons. The van der Waals surface area contributed by atoms with Gasteiger partial charge in [-0.2, -0.15) is 8.42 Å². The lowest BCUT2D eigenvalue weighted by atomic mass is 10.2. The zero-order chi connectivity index (χ0) is 18.6. The smallest absolute Gasteiger partial charge is 0.339 e. The maximum Gasteiger partial charge on any atom is 0.339 e. The number of ether oxygens (including phenoxy) is 2. The summed E-state index contributed by atoms with van der Waals surface area (Å²) in [6.07, 6.45) is 0. The average molecular weight is 429 g/mol. The first-order chi connectivity index (χ1) is 11.8. The van der Waals surface area contributed by atoms with Crippen LogP contribution < -0.4 is 4.18 Å². The van der Waals surface area contributed by atoms with E-state index >= 15 is 0 Å². The molecule has 25 heavy (non-hydrogen) atoms. The third-order valence-electron chi connectivity index (χ3n) is 3.09. The first-order valence-corrected chi connectivity index (χ1v) is 8.99. The molecule has 0 aliphatic heterocycles. The summed E-state index contributed by atoms with van der Waals surface area (Å²) in [7, 11) is -1.83. The standard InChI is InChI=1S/C16H13BrO7S/c1-22-15(18)10-4-3-5-11(8-10)24-25(20,21)12-6-7-14(17)13(9-12)16(19)23-2/h3-9H,1-2H3. The minimum Gasteiger partial charge on any atom is -0.465 e. The molecule has 2 aromatic rings. The van der Waals surface area contributed by atoms with Crippen LogP contribution in [0, 0.1) is 0 Å². The van der Waals surface area contributed by atoms with Crippen LogP contribution >= 0.6 is 15.9 Å². The van der Waals surface area contributed by atoms with Crippen LogP contribution in [0.5, 0.6) is 5.75 Å². The zero-order valence-corrected chi connectivity index (χ0v) is 15.6. The van der Waals surface area contributed by atoms with Crippen LogP contribution in [0.25, 0.3) is 0 Å². The van der Waals surface area contributed by atoms with E-state index in [1.807, 2.05) is 0 Å². The van der Waals surface area contributed by atoms with Crippen molar-refractivity contribution in [2.45, 2.75) is 4.90 Å². The van der Waals surface area contributed by atoms with Gasteiger partial charge in [0.1, 0.15) is 10.6 Å². The topological polar surface area (TPSA) is 96.0 Å². The van der Waals surface area contributed by atoms with Crippen molar-refractivity contribution in [3.63, 3.8) is 0 Å². The third kappa shape index (κ3) is 4.37. The lowest BCUT2D eigenvalue weighted by Crippen LogP contribution is -2.12. The van der Waals surface area contributed by atoms with Gasteiger partial charge in [-0.1, -0.05) is 6.07 Å². The normalized spacial score (nSPS) is 10.8. The second kappa shape index (κ2) is 7.66. The van der Waals surface area contributed by atoms with E-state index in [0.29, 0.717) is 4.47 Å². The summed E-state index contributed by atoms with van der Waals surface area (Å²) in [5.74, 6) is -1.39. The van der Waals surface area contributed by atoms with Crippen molar-refractivity contribution in [2.24, 2.45) is 0 Å². The number of rotatable bonds is 5. The highest BCUT2D eigenvalue weighted by atomic mass is 79.9. The number of halogens is 1. The number of carbonyl (C=O) groups is 2. The van der Waals surface area contributed by atoms with E-state index in [1.165, 1.54) is 50.6 Å². The van der Waals surface area contributed by atoms with E-state index in [4.69, 9.17) is 4.18 Å². The van der Waals surface area contributed by atoms with E-state index in [-0.39, 0.29) is 21.8 Å². The van der Waals surface area contributed by atoms with E-state index < -0.39 is 22.1 Å². The molecule has 0 heterocycles. The van der Waals surface area contributed by atoms with Gasteiger partial charge in [-0.3, -0.25) is 0 Å². The summed E-state index contributed by atoms with van der Waals surface area (Å²) in [5, 5.41) is 0. The second-order valence-corrected chi connectivity index (χ2v) is 7.09. The molecular formula is C16H13BrO7S. The van der Waals surface area contributed by atoms with Gasteiger partial charge < -0.3 is 13.7 Å². The van der Waals surface area contributed by atoms with Gasteiger partial charge in [-0.25, -0.2) is 9.59 Å². The Morgan fingerprint density at radius 1 is 0.960 bits per heavy atom. The quantitative estimate of drug-likeness (QED) is 0.533. The van der Waals surface area contributed by atoms with Crippen molar-refractivity contribution in [2.75, 3.05) is 14.2 Å². The highest BCUT2D eigenvalue weighted by Crippen LogP contribution is 2.25. The number of hydrogen-bond donors (Lipinski definition) is 0. The van der Waals surface area contributed by atoms with Crippen molar-refractivity contribution in [1.29, 1.82) is 0 Å². The summed E-state index contributed by atoms with van der Waals surface area (Å²) in [4.78, 5) is 23.0. The molecule has 0 amide bonds. The number of hydrogen-bond acceptors (Lipinski definition) is 7. The molecule has 0 spiro atoms. The molecular weight excluding hydrogens is 416 g/mol. The molecule has 0 N–H and O–H groups in total. The fourth-order valence-corrected chi connectivity index (χ4v) is 3.25. The van der Waals surface area contributed by atoms with Gasteiger partial charge >= 0.3 is 22.1 Å². The van der Waals surface area contributed by atoms with Crippen LogP contribution in [0.4, 0.5) is 0 Å². The monoisotopic (exact) mass is 428 g/mol. The fraction of sp³-hybridized carbons (Fsp3) is 0.125. The first kappa shape index (κ1) is 18.9. The van der Waals surface area contributed by atoms with Gasteiger partial charge in [-0.15, -0.1) is 0 Å². The van der Waals surface area contributed by atoms with Crippen molar-refractivity contribution >= 4 is 38.0 Å². The van der Waals surface area contributed by atoms with Crippen LogP contribution in [0.2, 0.25) is 0 Å². The molecule has 9 heteroatoms.